The van der Waals surface area contributed by atoms with Gasteiger partial charge < -0.3 is 14.6 Å². The first-order valence-corrected chi connectivity index (χ1v) is 6.79. The SMILES string of the molecule is CCOC(=O)N1CCc2[nH]c3ccccc3c2CC1. The topological polar surface area (TPSA) is 45.3 Å². The molecule has 1 aliphatic heterocycles. The van der Waals surface area contributed by atoms with Gasteiger partial charge >= 0.3 is 6.09 Å². The minimum absolute atomic E-state index is 0.197. The van der Waals surface area contributed by atoms with Crippen LogP contribution in [0.4, 0.5) is 4.79 Å². The largest absolute Gasteiger partial charge is 0.450 e. The van der Waals surface area contributed by atoms with Gasteiger partial charge in [-0.3, -0.25) is 0 Å². The van der Waals surface area contributed by atoms with E-state index in [-0.39, 0.29) is 6.09 Å². The molecule has 0 bridgehead atoms. The number of amides is 1. The van der Waals surface area contributed by atoms with Gasteiger partial charge in [-0.05, 0) is 25.0 Å². The molecule has 0 atom stereocenters. The number of para-hydroxylation sites is 1. The summed E-state index contributed by atoms with van der Waals surface area (Å²) in [5, 5.41) is 1.28. The van der Waals surface area contributed by atoms with Crippen molar-refractivity contribution < 1.29 is 9.53 Å². The molecule has 2 heterocycles. The van der Waals surface area contributed by atoms with E-state index in [0.29, 0.717) is 6.61 Å². The number of aromatic amines is 1. The maximum atomic E-state index is 11.8. The number of fused-ring (bicyclic) bond motifs is 3. The Morgan fingerprint density at radius 3 is 2.95 bits per heavy atom. The number of benzene rings is 1. The van der Waals surface area contributed by atoms with E-state index >= 15 is 0 Å². The fourth-order valence-electron chi connectivity index (χ4n) is 2.76. The van der Waals surface area contributed by atoms with Crippen molar-refractivity contribution in [1.29, 1.82) is 0 Å². The number of nitrogens with one attached hydrogen (secondary N) is 1. The summed E-state index contributed by atoms with van der Waals surface area (Å²) in [4.78, 5) is 17.0. The molecule has 19 heavy (non-hydrogen) atoms. The molecular formula is C15H18N2O2. The number of carbonyl (C=O) groups is 1. The lowest BCUT2D eigenvalue weighted by atomic mass is 10.1. The third-order valence-electron chi connectivity index (χ3n) is 3.69. The molecule has 0 saturated carbocycles. The van der Waals surface area contributed by atoms with Gasteiger partial charge in [-0.15, -0.1) is 0 Å². The lowest BCUT2D eigenvalue weighted by Gasteiger charge is -2.19. The maximum absolute atomic E-state index is 11.8. The van der Waals surface area contributed by atoms with Crippen molar-refractivity contribution >= 4 is 17.0 Å². The second-order valence-corrected chi connectivity index (χ2v) is 4.81. The molecule has 0 saturated heterocycles. The first kappa shape index (κ1) is 12.1. The van der Waals surface area contributed by atoms with Crippen LogP contribution in [0.3, 0.4) is 0 Å². The van der Waals surface area contributed by atoms with Crippen LogP contribution >= 0.6 is 0 Å². The van der Waals surface area contributed by atoms with Gasteiger partial charge in [0.15, 0.2) is 0 Å². The van der Waals surface area contributed by atoms with Crippen molar-refractivity contribution in [3.05, 3.63) is 35.5 Å². The molecule has 0 aliphatic carbocycles. The molecule has 0 unspecified atom stereocenters. The van der Waals surface area contributed by atoms with Crippen molar-refractivity contribution in [2.75, 3.05) is 19.7 Å². The van der Waals surface area contributed by atoms with Gasteiger partial charge in [-0.2, -0.15) is 0 Å². The van der Waals surface area contributed by atoms with E-state index in [0.717, 1.165) is 25.9 Å². The first-order valence-electron chi connectivity index (χ1n) is 6.79. The molecule has 4 heteroatoms. The Hall–Kier alpha value is -1.97. The maximum Gasteiger partial charge on any atom is 0.409 e. The number of carbonyl (C=O) groups excluding carboxylic acids is 1. The van der Waals surface area contributed by atoms with Crippen molar-refractivity contribution in [2.24, 2.45) is 0 Å². The number of H-pyrrole nitrogens is 1. The molecule has 0 fully saturated rings. The summed E-state index contributed by atoms with van der Waals surface area (Å²) in [5.74, 6) is 0. The Balaban J connectivity index is 1.85. The molecule has 1 aliphatic rings. The molecule has 4 nitrogen and oxygen atoms in total. The molecule has 1 N–H and O–H groups in total. The van der Waals surface area contributed by atoms with Crippen LogP contribution in [0.25, 0.3) is 10.9 Å². The predicted octanol–water partition coefficient (Wildman–Crippen LogP) is 2.73. The molecule has 1 aromatic carbocycles. The van der Waals surface area contributed by atoms with Crippen molar-refractivity contribution in [3.8, 4) is 0 Å². The monoisotopic (exact) mass is 258 g/mol. The Labute approximate surface area is 112 Å². The fraction of sp³-hybridized carbons (Fsp3) is 0.400. The Kier molecular flexibility index (Phi) is 3.15. The van der Waals surface area contributed by atoms with Crippen molar-refractivity contribution in [1.82, 2.24) is 9.88 Å². The third kappa shape index (κ3) is 2.18. The average Bonchev–Trinajstić information content (AvgIpc) is 2.63. The highest BCUT2D eigenvalue weighted by Gasteiger charge is 2.21. The molecule has 1 amide bonds. The molecule has 3 rings (SSSR count). The van der Waals surface area contributed by atoms with Crippen molar-refractivity contribution in [2.45, 2.75) is 19.8 Å². The fourth-order valence-corrected chi connectivity index (χ4v) is 2.76. The van der Waals surface area contributed by atoms with Crippen LogP contribution in [0, 0.1) is 0 Å². The standard InChI is InChI=1S/C15H18N2O2/c1-2-19-15(18)17-9-7-12-11-5-3-4-6-13(11)16-14(12)8-10-17/h3-6,16H,2,7-10H2,1H3. The summed E-state index contributed by atoms with van der Waals surface area (Å²) in [6, 6.07) is 8.35. The second-order valence-electron chi connectivity index (χ2n) is 4.81. The van der Waals surface area contributed by atoms with E-state index in [2.05, 4.69) is 23.2 Å². The van der Waals surface area contributed by atoms with Gasteiger partial charge in [0.2, 0.25) is 0 Å². The van der Waals surface area contributed by atoms with Gasteiger partial charge in [0.25, 0.3) is 0 Å². The van der Waals surface area contributed by atoms with Crippen LogP contribution in [0.2, 0.25) is 0 Å². The normalized spacial score (nSPS) is 15.1. The predicted molar refractivity (Wildman–Crippen MR) is 74.3 cm³/mol. The third-order valence-corrected chi connectivity index (χ3v) is 3.69. The quantitative estimate of drug-likeness (QED) is 0.854. The number of ether oxygens (including phenoxy) is 1. The number of aromatic nitrogens is 1. The Morgan fingerprint density at radius 2 is 2.11 bits per heavy atom. The van der Waals surface area contributed by atoms with Gasteiger partial charge in [0.05, 0.1) is 6.61 Å². The van der Waals surface area contributed by atoms with E-state index in [1.54, 1.807) is 4.90 Å². The zero-order valence-electron chi connectivity index (χ0n) is 11.1. The molecule has 1 aromatic heterocycles. The number of rotatable bonds is 1. The molecule has 100 valence electrons. The van der Waals surface area contributed by atoms with Gasteiger partial charge in [0, 0.05) is 36.1 Å². The van der Waals surface area contributed by atoms with Crippen LogP contribution < -0.4 is 0 Å². The van der Waals surface area contributed by atoms with E-state index < -0.39 is 0 Å². The Morgan fingerprint density at radius 1 is 1.32 bits per heavy atom. The van der Waals surface area contributed by atoms with E-state index in [1.165, 1.54) is 22.2 Å². The number of nitrogens with zero attached hydrogens (tertiary/aromatic N) is 1. The summed E-state index contributed by atoms with van der Waals surface area (Å²) in [6.07, 6.45) is 1.55. The summed E-state index contributed by atoms with van der Waals surface area (Å²) in [5.41, 5.74) is 3.80. The van der Waals surface area contributed by atoms with E-state index in [4.69, 9.17) is 4.74 Å². The smallest absolute Gasteiger partial charge is 0.409 e. The van der Waals surface area contributed by atoms with Gasteiger partial charge in [-0.25, -0.2) is 4.79 Å². The Bertz CT molecular complexity index is 603. The molecule has 0 spiro atoms. The second kappa shape index (κ2) is 4.96. The minimum Gasteiger partial charge on any atom is -0.450 e. The zero-order chi connectivity index (χ0) is 13.2. The van der Waals surface area contributed by atoms with Gasteiger partial charge in [-0.1, -0.05) is 18.2 Å². The molecule has 0 radical (unpaired) electrons. The van der Waals surface area contributed by atoms with Crippen LogP contribution in [0.15, 0.2) is 24.3 Å². The number of hydrogen-bond donors (Lipinski definition) is 1. The van der Waals surface area contributed by atoms with Gasteiger partial charge in [0.1, 0.15) is 0 Å². The highest BCUT2D eigenvalue weighted by Crippen LogP contribution is 2.25. The van der Waals surface area contributed by atoms with E-state index in [9.17, 15) is 4.79 Å². The molecular weight excluding hydrogens is 240 g/mol. The average molecular weight is 258 g/mol. The van der Waals surface area contributed by atoms with Crippen LogP contribution in [0.1, 0.15) is 18.2 Å². The summed E-state index contributed by atoms with van der Waals surface area (Å²) in [6.45, 7) is 3.72. The lowest BCUT2D eigenvalue weighted by molar-refractivity contribution is 0.109. The van der Waals surface area contributed by atoms with Crippen molar-refractivity contribution in [3.63, 3.8) is 0 Å². The minimum atomic E-state index is -0.197. The summed E-state index contributed by atoms with van der Waals surface area (Å²) < 4.78 is 5.08. The molecule has 2 aromatic rings. The summed E-state index contributed by atoms with van der Waals surface area (Å²) in [7, 11) is 0. The van der Waals surface area contributed by atoms with Crippen LogP contribution in [0.5, 0.6) is 0 Å². The first-order chi connectivity index (χ1) is 9.29. The van der Waals surface area contributed by atoms with Crippen LogP contribution in [-0.2, 0) is 17.6 Å². The number of hydrogen-bond acceptors (Lipinski definition) is 2. The van der Waals surface area contributed by atoms with E-state index in [1.807, 2.05) is 13.0 Å². The highest BCUT2D eigenvalue weighted by atomic mass is 16.6. The summed E-state index contributed by atoms with van der Waals surface area (Å²) >= 11 is 0. The van der Waals surface area contributed by atoms with Crippen LogP contribution in [-0.4, -0.2) is 35.7 Å². The zero-order valence-corrected chi connectivity index (χ0v) is 11.1. The highest BCUT2D eigenvalue weighted by molar-refractivity contribution is 5.85. The lowest BCUT2D eigenvalue weighted by Crippen LogP contribution is -2.33.